The van der Waals surface area contributed by atoms with E-state index in [0.29, 0.717) is 12.3 Å². The Labute approximate surface area is 156 Å². The molecule has 1 N–H and O–H groups in total. The minimum Gasteiger partial charge on any atom is -0.482 e. The van der Waals surface area contributed by atoms with Gasteiger partial charge in [0.2, 0.25) is 11.2 Å². The smallest absolute Gasteiger partial charge is 0.227 e. The van der Waals surface area contributed by atoms with Crippen molar-refractivity contribution in [1.29, 1.82) is 0 Å². The average molecular weight is 361 g/mol. The van der Waals surface area contributed by atoms with Crippen LogP contribution in [0.2, 0.25) is 0 Å². The van der Waals surface area contributed by atoms with E-state index >= 15 is 0 Å². The molecule has 136 valence electrons. The molecule has 0 aliphatic rings. The van der Waals surface area contributed by atoms with Gasteiger partial charge in [-0.2, -0.15) is 0 Å². The van der Waals surface area contributed by atoms with Crippen molar-refractivity contribution in [1.82, 2.24) is 4.57 Å². The topological polar surface area (TPSA) is 64.6 Å². The summed E-state index contributed by atoms with van der Waals surface area (Å²) in [6.07, 6.45) is 5.41. The fourth-order valence-electron chi connectivity index (χ4n) is 2.94. The molecule has 0 fully saturated rings. The van der Waals surface area contributed by atoms with Crippen LogP contribution in [0.1, 0.15) is 16.9 Å². The average Bonchev–Trinajstić information content (AvgIpc) is 3.10. The van der Waals surface area contributed by atoms with Crippen molar-refractivity contribution in [3.05, 3.63) is 100 Å². The maximum absolute atomic E-state index is 12.3. The first kappa shape index (κ1) is 17.1. The number of aliphatic hydroxyl groups excluding tert-OH is 1. The van der Waals surface area contributed by atoms with Crippen molar-refractivity contribution in [3.63, 3.8) is 0 Å². The molecule has 0 radical (unpaired) electrons. The van der Waals surface area contributed by atoms with Crippen LogP contribution in [0.15, 0.2) is 82.5 Å². The molecule has 0 aliphatic carbocycles. The highest BCUT2D eigenvalue weighted by molar-refractivity contribution is 5.82. The van der Waals surface area contributed by atoms with E-state index in [1.54, 1.807) is 0 Å². The van der Waals surface area contributed by atoms with Gasteiger partial charge in [-0.25, -0.2) is 0 Å². The van der Waals surface area contributed by atoms with Gasteiger partial charge in [0.1, 0.15) is 18.6 Å². The zero-order chi connectivity index (χ0) is 18.6. The molecular weight excluding hydrogens is 342 g/mol. The second-order valence-corrected chi connectivity index (χ2v) is 6.40. The van der Waals surface area contributed by atoms with Gasteiger partial charge < -0.3 is 18.8 Å². The molecule has 2 aromatic heterocycles. The number of hydrogen-bond acceptors (Lipinski definition) is 4. The second kappa shape index (κ2) is 7.51. The van der Waals surface area contributed by atoms with E-state index in [9.17, 15) is 4.79 Å². The molecule has 5 nitrogen and oxygen atoms in total. The summed E-state index contributed by atoms with van der Waals surface area (Å²) in [6.45, 7) is 0.745. The fourth-order valence-corrected chi connectivity index (χ4v) is 2.94. The molecule has 2 heterocycles. The highest BCUT2D eigenvalue weighted by atomic mass is 16.5. The third kappa shape index (κ3) is 3.93. The minimum atomic E-state index is -0.208. The summed E-state index contributed by atoms with van der Waals surface area (Å²) in [5.41, 5.74) is 1.54. The van der Waals surface area contributed by atoms with E-state index in [-0.39, 0.29) is 24.4 Å². The van der Waals surface area contributed by atoms with Crippen molar-refractivity contribution < 1.29 is 14.3 Å². The Bertz CT molecular complexity index is 1080. The standard InChI is InChI=1S/C22H19NO4/c24-13-16-5-7-17(8-6-16)14-27-22-15-26-20(9-21(22)25)12-23-10-18-3-1-2-4-19(18)11-23/h1-11,15,24H,12-14H2. The van der Waals surface area contributed by atoms with Crippen LogP contribution < -0.4 is 10.2 Å². The molecule has 0 atom stereocenters. The van der Waals surface area contributed by atoms with Gasteiger partial charge in [0.15, 0.2) is 0 Å². The molecule has 0 saturated heterocycles. The van der Waals surface area contributed by atoms with Crippen molar-refractivity contribution in [2.24, 2.45) is 0 Å². The first-order chi connectivity index (χ1) is 13.2. The fraction of sp³-hybridized carbons (Fsp3) is 0.136. The van der Waals surface area contributed by atoms with Gasteiger partial charge in [-0.05, 0) is 21.9 Å². The molecule has 0 aliphatic heterocycles. The quantitative estimate of drug-likeness (QED) is 0.569. The summed E-state index contributed by atoms with van der Waals surface area (Å²) >= 11 is 0. The van der Waals surface area contributed by atoms with Gasteiger partial charge >= 0.3 is 0 Å². The van der Waals surface area contributed by atoms with Gasteiger partial charge in [-0.3, -0.25) is 4.79 Å². The zero-order valence-electron chi connectivity index (χ0n) is 14.7. The summed E-state index contributed by atoms with van der Waals surface area (Å²) in [5.74, 6) is 0.752. The van der Waals surface area contributed by atoms with E-state index < -0.39 is 0 Å². The summed E-state index contributed by atoms with van der Waals surface area (Å²) in [4.78, 5) is 12.3. The number of benzene rings is 2. The Kier molecular flexibility index (Phi) is 4.77. The second-order valence-electron chi connectivity index (χ2n) is 6.40. The minimum absolute atomic E-state index is 0.00312. The Morgan fingerprint density at radius 1 is 0.963 bits per heavy atom. The summed E-state index contributed by atoms with van der Waals surface area (Å²) in [7, 11) is 0. The zero-order valence-corrected chi connectivity index (χ0v) is 14.7. The number of ether oxygens (including phenoxy) is 1. The number of nitrogens with zero attached hydrogens (tertiary/aromatic N) is 1. The van der Waals surface area contributed by atoms with Crippen LogP contribution in [0.4, 0.5) is 0 Å². The predicted octanol–water partition coefficient (Wildman–Crippen LogP) is 3.71. The molecule has 2 aromatic carbocycles. The van der Waals surface area contributed by atoms with Crippen LogP contribution in [0.25, 0.3) is 10.8 Å². The molecule has 0 spiro atoms. The molecule has 0 bridgehead atoms. The number of aromatic nitrogens is 1. The molecule has 27 heavy (non-hydrogen) atoms. The number of rotatable bonds is 6. The van der Waals surface area contributed by atoms with Crippen LogP contribution in [0.5, 0.6) is 5.75 Å². The molecular formula is C22H19NO4. The van der Waals surface area contributed by atoms with E-state index in [1.165, 1.54) is 12.3 Å². The Morgan fingerprint density at radius 3 is 2.26 bits per heavy atom. The SMILES string of the molecule is O=c1cc(Cn2cc3ccccc3c2)occ1OCc1ccc(CO)cc1. The third-order valence-electron chi connectivity index (χ3n) is 4.40. The normalized spacial score (nSPS) is 11.0. The van der Waals surface area contributed by atoms with Crippen molar-refractivity contribution in [2.75, 3.05) is 0 Å². The van der Waals surface area contributed by atoms with Crippen LogP contribution in [-0.2, 0) is 19.8 Å². The molecule has 5 heteroatoms. The first-order valence-corrected chi connectivity index (χ1v) is 8.69. The van der Waals surface area contributed by atoms with Crippen LogP contribution in [0, 0.1) is 0 Å². The van der Waals surface area contributed by atoms with Crippen molar-refractivity contribution in [2.45, 2.75) is 19.8 Å². The maximum Gasteiger partial charge on any atom is 0.227 e. The molecule has 4 aromatic rings. The Morgan fingerprint density at radius 2 is 1.63 bits per heavy atom. The number of hydrogen-bond donors (Lipinski definition) is 1. The highest BCUT2D eigenvalue weighted by Gasteiger charge is 2.07. The Balaban J connectivity index is 1.44. The summed E-state index contributed by atoms with van der Waals surface area (Å²) in [5, 5.41) is 11.3. The molecule has 0 unspecified atom stereocenters. The van der Waals surface area contributed by atoms with Crippen LogP contribution >= 0.6 is 0 Å². The lowest BCUT2D eigenvalue weighted by molar-refractivity contribution is 0.280. The van der Waals surface area contributed by atoms with Gasteiger partial charge in [0.05, 0.1) is 13.2 Å². The lowest BCUT2D eigenvalue weighted by Crippen LogP contribution is -2.09. The lowest BCUT2D eigenvalue weighted by Gasteiger charge is -2.07. The van der Waals surface area contributed by atoms with Gasteiger partial charge in [0.25, 0.3) is 0 Å². The van der Waals surface area contributed by atoms with E-state index in [4.69, 9.17) is 14.3 Å². The molecule has 4 rings (SSSR count). The first-order valence-electron chi connectivity index (χ1n) is 8.69. The maximum atomic E-state index is 12.3. The highest BCUT2D eigenvalue weighted by Crippen LogP contribution is 2.16. The van der Waals surface area contributed by atoms with E-state index in [1.807, 2.05) is 65.5 Å². The Hall–Kier alpha value is -3.31. The molecule has 0 saturated carbocycles. The molecule has 0 amide bonds. The van der Waals surface area contributed by atoms with Crippen LogP contribution in [-0.4, -0.2) is 9.67 Å². The van der Waals surface area contributed by atoms with Gasteiger partial charge in [-0.1, -0.05) is 48.5 Å². The largest absolute Gasteiger partial charge is 0.482 e. The monoisotopic (exact) mass is 361 g/mol. The van der Waals surface area contributed by atoms with Gasteiger partial charge in [0, 0.05) is 18.5 Å². The van der Waals surface area contributed by atoms with E-state index in [2.05, 4.69) is 0 Å². The van der Waals surface area contributed by atoms with Crippen LogP contribution in [0.3, 0.4) is 0 Å². The summed E-state index contributed by atoms with van der Waals surface area (Å²) < 4.78 is 13.2. The van der Waals surface area contributed by atoms with Crippen molar-refractivity contribution in [3.8, 4) is 5.75 Å². The van der Waals surface area contributed by atoms with E-state index in [0.717, 1.165) is 21.9 Å². The van der Waals surface area contributed by atoms with Crippen molar-refractivity contribution >= 4 is 10.8 Å². The number of aliphatic hydroxyl groups is 1. The third-order valence-corrected chi connectivity index (χ3v) is 4.40. The predicted molar refractivity (Wildman–Crippen MR) is 103 cm³/mol. The summed E-state index contributed by atoms with van der Waals surface area (Å²) in [6, 6.07) is 16.9. The lowest BCUT2D eigenvalue weighted by atomic mass is 10.1. The number of fused-ring (bicyclic) bond motifs is 1. The van der Waals surface area contributed by atoms with Gasteiger partial charge in [-0.15, -0.1) is 0 Å².